The molecule has 0 N–H and O–H groups in total. The summed E-state index contributed by atoms with van der Waals surface area (Å²) in [5.41, 5.74) is 0.513. The largest absolute Gasteiger partial charge is 0.345 e. The standard InChI is InChI=1S/C23H29N3O2/c1-25-15-6-2-3-7-16-26(20-12-8-11-19(20)22(25)27)23(28)21-18-10-5-4-9-17(18)13-14-24-21/h4-5,9-10,13-14,19-20H,2-3,6-8,11-12,15-16H2,1H3. The molecule has 2 atom stereocenters. The second-order valence-corrected chi connectivity index (χ2v) is 8.16. The fourth-order valence-electron chi connectivity index (χ4n) is 4.82. The summed E-state index contributed by atoms with van der Waals surface area (Å²) in [7, 11) is 1.91. The number of amides is 2. The minimum atomic E-state index is -0.0815. The Balaban J connectivity index is 1.70. The van der Waals surface area contributed by atoms with Gasteiger partial charge in [-0.3, -0.25) is 14.6 Å². The van der Waals surface area contributed by atoms with Gasteiger partial charge in [0.25, 0.3) is 5.91 Å². The van der Waals surface area contributed by atoms with E-state index in [0.29, 0.717) is 12.2 Å². The molecular weight excluding hydrogens is 350 g/mol. The van der Waals surface area contributed by atoms with Crippen molar-refractivity contribution in [3.63, 3.8) is 0 Å². The van der Waals surface area contributed by atoms with Crippen LogP contribution in [0.3, 0.4) is 0 Å². The van der Waals surface area contributed by atoms with Gasteiger partial charge in [-0.25, -0.2) is 0 Å². The Labute approximate surface area is 166 Å². The van der Waals surface area contributed by atoms with Gasteiger partial charge in [0.1, 0.15) is 5.69 Å². The molecule has 0 bridgehead atoms. The van der Waals surface area contributed by atoms with E-state index in [0.717, 1.165) is 62.3 Å². The molecule has 1 aliphatic carbocycles. The zero-order chi connectivity index (χ0) is 19.5. The van der Waals surface area contributed by atoms with Crippen molar-refractivity contribution < 1.29 is 9.59 Å². The maximum Gasteiger partial charge on any atom is 0.273 e. The average Bonchev–Trinajstić information content (AvgIpc) is 3.20. The quantitative estimate of drug-likeness (QED) is 0.756. The van der Waals surface area contributed by atoms with E-state index in [4.69, 9.17) is 0 Å². The number of fused-ring (bicyclic) bond motifs is 2. The summed E-state index contributed by atoms with van der Waals surface area (Å²) in [4.78, 5) is 35.0. The van der Waals surface area contributed by atoms with Crippen LogP contribution in [0.25, 0.3) is 10.8 Å². The molecule has 5 nitrogen and oxygen atoms in total. The molecule has 2 fully saturated rings. The van der Waals surface area contributed by atoms with Crippen molar-refractivity contribution in [1.82, 2.24) is 14.8 Å². The SMILES string of the molecule is CN1CCCCCCN(C(=O)c2nccc3ccccc23)C2CCCC2C1=O. The number of carbonyl (C=O) groups is 2. The molecule has 5 heteroatoms. The summed E-state index contributed by atoms with van der Waals surface area (Å²) in [6.07, 6.45) is 8.71. The maximum atomic E-state index is 13.6. The third-order valence-corrected chi connectivity index (χ3v) is 6.35. The lowest BCUT2D eigenvalue weighted by molar-refractivity contribution is -0.135. The lowest BCUT2D eigenvalue weighted by Gasteiger charge is -2.34. The normalized spacial score (nSPS) is 24.1. The fourth-order valence-corrected chi connectivity index (χ4v) is 4.82. The van der Waals surface area contributed by atoms with Crippen LogP contribution in [-0.4, -0.2) is 52.8 Å². The summed E-state index contributed by atoms with van der Waals surface area (Å²) in [5, 5.41) is 1.92. The second-order valence-electron chi connectivity index (χ2n) is 8.16. The minimum Gasteiger partial charge on any atom is -0.345 e. The lowest BCUT2D eigenvalue weighted by atomic mass is 9.99. The Morgan fingerprint density at radius 1 is 1.00 bits per heavy atom. The van der Waals surface area contributed by atoms with E-state index < -0.39 is 0 Å². The number of hydrogen-bond acceptors (Lipinski definition) is 3. The van der Waals surface area contributed by atoms with Gasteiger partial charge in [-0.05, 0) is 37.1 Å². The molecule has 2 amide bonds. The summed E-state index contributed by atoms with van der Waals surface area (Å²) >= 11 is 0. The fraction of sp³-hybridized carbons (Fsp3) is 0.522. The van der Waals surface area contributed by atoms with Gasteiger partial charge in [-0.1, -0.05) is 43.5 Å². The molecule has 2 aliphatic rings. The highest BCUT2D eigenvalue weighted by Gasteiger charge is 2.40. The molecule has 2 heterocycles. The first kappa shape index (κ1) is 18.9. The van der Waals surface area contributed by atoms with Crippen molar-refractivity contribution in [3.8, 4) is 0 Å². The topological polar surface area (TPSA) is 53.5 Å². The Morgan fingerprint density at radius 3 is 2.64 bits per heavy atom. The smallest absolute Gasteiger partial charge is 0.273 e. The molecule has 148 valence electrons. The van der Waals surface area contributed by atoms with Gasteiger partial charge in [-0.15, -0.1) is 0 Å². The van der Waals surface area contributed by atoms with E-state index >= 15 is 0 Å². The van der Waals surface area contributed by atoms with Crippen molar-refractivity contribution in [2.75, 3.05) is 20.1 Å². The van der Waals surface area contributed by atoms with Gasteiger partial charge in [0.05, 0.1) is 5.92 Å². The number of benzene rings is 1. The molecule has 0 radical (unpaired) electrons. The van der Waals surface area contributed by atoms with Gasteiger partial charge < -0.3 is 9.80 Å². The average molecular weight is 380 g/mol. The number of carbonyl (C=O) groups excluding carboxylic acids is 2. The zero-order valence-corrected chi connectivity index (χ0v) is 16.6. The van der Waals surface area contributed by atoms with Crippen molar-refractivity contribution in [2.45, 2.75) is 51.0 Å². The Morgan fingerprint density at radius 2 is 1.79 bits per heavy atom. The Kier molecular flexibility index (Phi) is 5.60. The number of pyridine rings is 1. The van der Waals surface area contributed by atoms with Gasteiger partial charge in [-0.2, -0.15) is 0 Å². The van der Waals surface area contributed by atoms with E-state index in [1.54, 1.807) is 6.20 Å². The van der Waals surface area contributed by atoms with Crippen LogP contribution < -0.4 is 0 Å². The number of aromatic nitrogens is 1. The van der Waals surface area contributed by atoms with Crippen LogP contribution in [0, 0.1) is 5.92 Å². The van der Waals surface area contributed by atoms with Crippen LogP contribution in [0.5, 0.6) is 0 Å². The van der Waals surface area contributed by atoms with Crippen LogP contribution >= 0.6 is 0 Å². The predicted octanol–water partition coefficient (Wildman–Crippen LogP) is 3.88. The van der Waals surface area contributed by atoms with Gasteiger partial charge in [0, 0.05) is 37.8 Å². The van der Waals surface area contributed by atoms with Crippen molar-refractivity contribution in [1.29, 1.82) is 0 Å². The molecule has 1 saturated carbocycles. The van der Waals surface area contributed by atoms with Crippen LogP contribution in [-0.2, 0) is 4.79 Å². The monoisotopic (exact) mass is 379 g/mol. The van der Waals surface area contributed by atoms with Crippen LogP contribution in [0.1, 0.15) is 55.4 Å². The van der Waals surface area contributed by atoms with Crippen molar-refractivity contribution >= 4 is 22.6 Å². The molecule has 4 rings (SSSR count). The molecule has 1 aromatic heterocycles. The summed E-state index contributed by atoms with van der Waals surface area (Å²) in [5.74, 6) is 0.0958. The van der Waals surface area contributed by atoms with Crippen LogP contribution in [0.4, 0.5) is 0 Å². The first-order valence-corrected chi connectivity index (χ1v) is 10.6. The van der Waals surface area contributed by atoms with Gasteiger partial charge in [0.15, 0.2) is 0 Å². The lowest BCUT2D eigenvalue weighted by Crippen LogP contribution is -2.47. The Bertz CT molecular complexity index is 861. The third kappa shape index (κ3) is 3.62. The van der Waals surface area contributed by atoms with E-state index in [-0.39, 0.29) is 23.8 Å². The molecule has 0 spiro atoms. The third-order valence-electron chi connectivity index (χ3n) is 6.35. The first-order chi connectivity index (χ1) is 13.7. The minimum absolute atomic E-state index is 0.0127. The Hall–Kier alpha value is -2.43. The molecule has 2 aromatic rings. The van der Waals surface area contributed by atoms with Crippen LogP contribution in [0.15, 0.2) is 36.5 Å². The molecule has 28 heavy (non-hydrogen) atoms. The second kappa shape index (κ2) is 8.29. The summed E-state index contributed by atoms with van der Waals surface area (Å²) in [6, 6.07) is 9.83. The van der Waals surface area contributed by atoms with Crippen molar-refractivity contribution in [2.24, 2.45) is 5.92 Å². The number of nitrogens with zero attached hydrogens (tertiary/aromatic N) is 3. The first-order valence-electron chi connectivity index (χ1n) is 10.6. The number of hydrogen-bond donors (Lipinski definition) is 0. The predicted molar refractivity (Wildman–Crippen MR) is 110 cm³/mol. The highest BCUT2D eigenvalue weighted by atomic mass is 16.2. The van der Waals surface area contributed by atoms with Crippen LogP contribution in [0.2, 0.25) is 0 Å². The summed E-state index contributed by atoms with van der Waals surface area (Å²) in [6.45, 7) is 1.53. The summed E-state index contributed by atoms with van der Waals surface area (Å²) < 4.78 is 0. The highest BCUT2D eigenvalue weighted by Crippen LogP contribution is 2.33. The van der Waals surface area contributed by atoms with Crippen molar-refractivity contribution in [3.05, 3.63) is 42.2 Å². The molecular formula is C23H29N3O2. The number of rotatable bonds is 1. The molecule has 1 aliphatic heterocycles. The maximum absolute atomic E-state index is 13.6. The molecule has 2 unspecified atom stereocenters. The van der Waals surface area contributed by atoms with E-state index in [2.05, 4.69) is 4.98 Å². The van der Waals surface area contributed by atoms with Gasteiger partial charge in [0.2, 0.25) is 5.91 Å². The van der Waals surface area contributed by atoms with E-state index in [1.165, 1.54) is 0 Å². The molecule has 1 aromatic carbocycles. The van der Waals surface area contributed by atoms with E-state index in [9.17, 15) is 9.59 Å². The molecule has 1 saturated heterocycles. The van der Waals surface area contributed by atoms with E-state index in [1.807, 2.05) is 47.2 Å². The highest BCUT2D eigenvalue weighted by molar-refractivity contribution is 6.05. The zero-order valence-electron chi connectivity index (χ0n) is 16.6. The van der Waals surface area contributed by atoms with Gasteiger partial charge >= 0.3 is 0 Å².